The summed E-state index contributed by atoms with van der Waals surface area (Å²) in [6.45, 7) is 4.75. The van der Waals surface area contributed by atoms with Gasteiger partial charge in [0.2, 0.25) is 0 Å². The zero-order chi connectivity index (χ0) is 40.7. The Morgan fingerprint density at radius 1 is 0.377 bits per heavy atom. The topological polar surface area (TPSA) is 16.4 Å². The first-order chi connectivity index (χ1) is 30.0. The van der Waals surface area contributed by atoms with E-state index in [1.807, 2.05) is 0 Å². The maximum absolute atomic E-state index is 6.56. The third-order valence-corrected chi connectivity index (χ3v) is 13.0. The predicted octanol–water partition coefficient (Wildman–Crippen LogP) is 16.7. The summed E-state index contributed by atoms with van der Waals surface area (Å²) < 4.78 is 6.56. The molecule has 288 valence electrons. The molecule has 0 aliphatic heterocycles. The standard InChI is InChI=1S/C59H41NO/c1-59(2)53-22-9-7-20-49(53)50-21-12-24-55(57(50)59)60(46-31-27-39(28-32-46)42-16-11-17-43(35-42)44-26-25-38-13-3-4-15-41(38)36-44)54-23-10-8-18-47(54)45-30-34-56-52(37-45)51-33-29-40-14-5-6-19-48(40)58(51)61-56/h3-37H,1-2H3. The Labute approximate surface area is 355 Å². The molecule has 11 aromatic rings. The van der Waals surface area contributed by atoms with E-state index in [9.17, 15) is 0 Å². The zero-order valence-electron chi connectivity index (χ0n) is 34.1. The van der Waals surface area contributed by atoms with Crippen LogP contribution in [0.1, 0.15) is 25.0 Å². The highest BCUT2D eigenvalue weighted by molar-refractivity contribution is 6.15. The van der Waals surface area contributed by atoms with E-state index in [-0.39, 0.29) is 5.41 Å². The summed E-state index contributed by atoms with van der Waals surface area (Å²) in [5.41, 5.74) is 17.4. The molecular weight excluding hydrogens is 739 g/mol. The normalized spacial score (nSPS) is 12.9. The highest BCUT2D eigenvalue weighted by Crippen LogP contribution is 2.55. The van der Waals surface area contributed by atoms with Crippen LogP contribution in [0.15, 0.2) is 217 Å². The van der Waals surface area contributed by atoms with Gasteiger partial charge in [0.1, 0.15) is 11.2 Å². The fourth-order valence-corrected chi connectivity index (χ4v) is 10.0. The Morgan fingerprint density at radius 3 is 1.87 bits per heavy atom. The van der Waals surface area contributed by atoms with Crippen LogP contribution in [-0.2, 0) is 5.41 Å². The maximum Gasteiger partial charge on any atom is 0.143 e. The Morgan fingerprint density at radius 2 is 1.00 bits per heavy atom. The lowest BCUT2D eigenvalue weighted by molar-refractivity contribution is 0.661. The molecule has 0 saturated heterocycles. The Hall–Kier alpha value is -7.68. The minimum absolute atomic E-state index is 0.212. The molecule has 61 heavy (non-hydrogen) atoms. The quantitative estimate of drug-likeness (QED) is 0.167. The Kier molecular flexibility index (Phi) is 7.92. The number of hydrogen-bond acceptors (Lipinski definition) is 2. The van der Waals surface area contributed by atoms with Crippen LogP contribution in [-0.4, -0.2) is 0 Å². The van der Waals surface area contributed by atoms with E-state index in [1.165, 1.54) is 66.4 Å². The number of rotatable bonds is 6. The Balaban J connectivity index is 1.01. The molecule has 0 N–H and O–H groups in total. The predicted molar refractivity (Wildman–Crippen MR) is 257 cm³/mol. The van der Waals surface area contributed by atoms with Gasteiger partial charge in [-0.25, -0.2) is 0 Å². The molecule has 0 unspecified atom stereocenters. The summed E-state index contributed by atoms with van der Waals surface area (Å²) in [5, 5.41) is 7.07. The maximum atomic E-state index is 6.56. The molecule has 0 bridgehead atoms. The van der Waals surface area contributed by atoms with Gasteiger partial charge < -0.3 is 9.32 Å². The van der Waals surface area contributed by atoms with E-state index in [0.717, 1.165) is 49.8 Å². The number of anilines is 3. The van der Waals surface area contributed by atoms with Crippen molar-refractivity contribution in [1.82, 2.24) is 0 Å². The lowest BCUT2D eigenvalue weighted by atomic mass is 9.81. The second kappa shape index (κ2) is 13.7. The smallest absolute Gasteiger partial charge is 0.143 e. The summed E-state index contributed by atoms with van der Waals surface area (Å²) in [5.74, 6) is 0. The lowest BCUT2D eigenvalue weighted by Gasteiger charge is -2.33. The summed E-state index contributed by atoms with van der Waals surface area (Å²) in [6.07, 6.45) is 0. The number of furan rings is 1. The number of hydrogen-bond donors (Lipinski definition) is 0. The van der Waals surface area contributed by atoms with Crippen LogP contribution in [0, 0.1) is 0 Å². The molecule has 1 aromatic heterocycles. The average molecular weight is 780 g/mol. The van der Waals surface area contributed by atoms with E-state index in [1.54, 1.807) is 0 Å². The van der Waals surface area contributed by atoms with Gasteiger partial charge in [0, 0.05) is 32.8 Å². The van der Waals surface area contributed by atoms with Crippen molar-refractivity contribution in [1.29, 1.82) is 0 Å². The van der Waals surface area contributed by atoms with E-state index in [4.69, 9.17) is 4.42 Å². The number of para-hydroxylation sites is 1. The summed E-state index contributed by atoms with van der Waals surface area (Å²) in [7, 11) is 0. The van der Waals surface area contributed by atoms with Crippen molar-refractivity contribution in [3.05, 3.63) is 223 Å². The first-order valence-electron chi connectivity index (χ1n) is 21.2. The first-order valence-corrected chi connectivity index (χ1v) is 21.2. The van der Waals surface area contributed by atoms with Crippen molar-refractivity contribution in [3.8, 4) is 44.5 Å². The van der Waals surface area contributed by atoms with Crippen molar-refractivity contribution in [2.24, 2.45) is 0 Å². The van der Waals surface area contributed by atoms with Crippen molar-refractivity contribution in [2.45, 2.75) is 19.3 Å². The number of benzene rings is 10. The zero-order valence-corrected chi connectivity index (χ0v) is 34.1. The van der Waals surface area contributed by atoms with Gasteiger partial charge in [0.25, 0.3) is 0 Å². The van der Waals surface area contributed by atoms with Crippen LogP contribution in [0.25, 0.3) is 88.0 Å². The molecule has 0 amide bonds. The van der Waals surface area contributed by atoms with Crippen molar-refractivity contribution < 1.29 is 4.42 Å². The summed E-state index contributed by atoms with van der Waals surface area (Å²) >= 11 is 0. The molecule has 0 saturated carbocycles. The highest BCUT2D eigenvalue weighted by Gasteiger charge is 2.39. The third kappa shape index (κ3) is 5.64. The monoisotopic (exact) mass is 779 g/mol. The number of fused-ring (bicyclic) bond motifs is 9. The molecule has 0 spiro atoms. The van der Waals surface area contributed by atoms with Crippen LogP contribution in [0.4, 0.5) is 17.1 Å². The van der Waals surface area contributed by atoms with E-state index in [2.05, 4.69) is 231 Å². The largest absolute Gasteiger partial charge is 0.455 e. The van der Waals surface area contributed by atoms with Crippen molar-refractivity contribution >= 4 is 60.5 Å². The second-order valence-corrected chi connectivity index (χ2v) is 16.9. The Bertz CT molecular complexity index is 3520. The second-order valence-electron chi connectivity index (χ2n) is 16.9. The van der Waals surface area contributed by atoms with Gasteiger partial charge >= 0.3 is 0 Å². The van der Waals surface area contributed by atoms with Gasteiger partial charge in [0.05, 0.1) is 11.4 Å². The van der Waals surface area contributed by atoms with Gasteiger partial charge in [-0.3, -0.25) is 0 Å². The molecular formula is C59H41NO. The van der Waals surface area contributed by atoms with Gasteiger partial charge in [-0.2, -0.15) is 0 Å². The third-order valence-electron chi connectivity index (χ3n) is 13.0. The van der Waals surface area contributed by atoms with Crippen LogP contribution in [0.5, 0.6) is 0 Å². The van der Waals surface area contributed by atoms with E-state index < -0.39 is 0 Å². The van der Waals surface area contributed by atoms with Gasteiger partial charge in [-0.1, -0.05) is 172 Å². The molecule has 2 nitrogen and oxygen atoms in total. The van der Waals surface area contributed by atoms with E-state index >= 15 is 0 Å². The minimum Gasteiger partial charge on any atom is -0.455 e. The molecule has 2 heteroatoms. The summed E-state index contributed by atoms with van der Waals surface area (Å²) in [6, 6.07) is 77.5. The fourth-order valence-electron chi connectivity index (χ4n) is 10.0. The lowest BCUT2D eigenvalue weighted by Crippen LogP contribution is -2.21. The number of nitrogens with zero attached hydrogens (tertiary/aromatic N) is 1. The van der Waals surface area contributed by atoms with Crippen LogP contribution >= 0.6 is 0 Å². The molecule has 1 aliphatic rings. The minimum atomic E-state index is -0.212. The average Bonchev–Trinajstić information content (AvgIpc) is 3.81. The molecule has 0 fully saturated rings. The molecule has 1 heterocycles. The fraction of sp³-hybridized carbons (Fsp3) is 0.0508. The molecule has 12 rings (SSSR count). The van der Waals surface area contributed by atoms with Crippen molar-refractivity contribution in [2.75, 3.05) is 4.90 Å². The van der Waals surface area contributed by atoms with Gasteiger partial charge in [-0.05, 0) is 121 Å². The molecule has 0 radical (unpaired) electrons. The summed E-state index contributed by atoms with van der Waals surface area (Å²) in [4.78, 5) is 2.49. The molecule has 1 aliphatic carbocycles. The molecule has 10 aromatic carbocycles. The first kappa shape index (κ1) is 35.3. The van der Waals surface area contributed by atoms with E-state index in [0.29, 0.717) is 0 Å². The SMILES string of the molecule is CC1(C)c2ccccc2-c2cccc(N(c3ccc(-c4cccc(-c5ccc6ccccc6c5)c4)cc3)c3ccccc3-c3ccc4oc5c6ccccc6ccc5c4c3)c21. The van der Waals surface area contributed by atoms with Gasteiger partial charge in [-0.15, -0.1) is 0 Å². The van der Waals surface area contributed by atoms with Crippen LogP contribution in [0.3, 0.4) is 0 Å². The van der Waals surface area contributed by atoms with Crippen molar-refractivity contribution in [3.63, 3.8) is 0 Å². The highest BCUT2D eigenvalue weighted by atomic mass is 16.3. The van der Waals surface area contributed by atoms with Crippen LogP contribution < -0.4 is 4.90 Å². The van der Waals surface area contributed by atoms with Crippen LogP contribution in [0.2, 0.25) is 0 Å². The van der Waals surface area contributed by atoms with Gasteiger partial charge in [0.15, 0.2) is 0 Å². The molecule has 0 atom stereocenters.